The zero-order chi connectivity index (χ0) is 21.6. The van der Waals surface area contributed by atoms with Gasteiger partial charge in [-0.25, -0.2) is 0 Å². The van der Waals surface area contributed by atoms with Crippen molar-refractivity contribution in [2.24, 2.45) is 0 Å². The number of rotatable bonds is 9. The summed E-state index contributed by atoms with van der Waals surface area (Å²) in [5.41, 5.74) is -1.15. The molecule has 0 saturated carbocycles. The van der Waals surface area contributed by atoms with Crippen LogP contribution in [0.4, 0.5) is 22.7 Å². The van der Waals surface area contributed by atoms with E-state index in [1.165, 1.54) is 24.3 Å². The second-order valence-electron chi connectivity index (χ2n) is 5.74. The van der Waals surface area contributed by atoms with Gasteiger partial charge >= 0.3 is 0 Å². The van der Waals surface area contributed by atoms with Crippen LogP contribution in [0.2, 0.25) is 0 Å². The Morgan fingerprint density at radius 3 is 2.17 bits per heavy atom. The number of phenols is 1. The first-order chi connectivity index (χ1) is 13.8. The van der Waals surface area contributed by atoms with Crippen LogP contribution in [0.3, 0.4) is 0 Å². The van der Waals surface area contributed by atoms with Crippen molar-refractivity contribution in [1.82, 2.24) is 0 Å². The third kappa shape index (κ3) is 5.64. The van der Waals surface area contributed by atoms with Gasteiger partial charge in [0.1, 0.15) is 17.0 Å². The number of alkyl halides is 2. The molecule has 0 saturated heterocycles. The maximum absolute atomic E-state index is 12.7. The van der Waals surface area contributed by atoms with E-state index in [1.54, 1.807) is 4.90 Å². The maximum Gasteiger partial charge on any atom is 0.299 e. The molecule has 12 heteroatoms. The number of anilines is 2. The van der Waals surface area contributed by atoms with Crippen LogP contribution in [-0.2, 0) is 0 Å². The van der Waals surface area contributed by atoms with Crippen LogP contribution in [0.25, 0.3) is 0 Å². The number of hydrogen-bond donors (Lipinski definition) is 2. The summed E-state index contributed by atoms with van der Waals surface area (Å²) in [7, 11) is 0. The van der Waals surface area contributed by atoms with E-state index < -0.39 is 27.1 Å². The highest BCUT2D eigenvalue weighted by molar-refractivity contribution is 9.09. The molecule has 0 spiro atoms. The molecule has 10 nitrogen and oxygen atoms in total. The summed E-state index contributed by atoms with van der Waals surface area (Å²) in [4.78, 5) is 35.8. The summed E-state index contributed by atoms with van der Waals surface area (Å²) in [5.74, 6) is -0.918. The standard InChI is InChI=1S/C17H16Br2N4O6/c18-4-6-21(7-5-19)15-9-13(14(22(26)27)10-16(15)23(28)29)17(25)20-11-2-1-3-12(24)8-11/h1-3,8-10,24H,4-7H2,(H,20,25). The number of carbonyl (C=O) groups excluding carboxylic acids is 1. The highest BCUT2D eigenvalue weighted by atomic mass is 79.9. The van der Waals surface area contributed by atoms with Crippen molar-refractivity contribution >= 4 is 60.5 Å². The van der Waals surface area contributed by atoms with Crippen LogP contribution < -0.4 is 10.2 Å². The lowest BCUT2D eigenvalue weighted by molar-refractivity contribution is -0.393. The van der Waals surface area contributed by atoms with Crippen molar-refractivity contribution in [1.29, 1.82) is 0 Å². The monoisotopic (exact) mass is 530 g/mol. The van der Waals surface area contributed by atoms with Crippen molar-refractivity contribution in [2.75, 3.05) is 34.0 Å². The highest BCUT2D eigenvalue weighted by Gasteiger charge is 2.30. The minimum Gasteiger partial charge on any atom is -0.508 e. The predicted octanol–water partition coefficient (Wildman–Crippen LogP) is 4.06. The second kappa shape index (κ2) is 10.2. The Labute approximate surface area is 182 Å². The first kappa shape index (κ1) is 22.6. The molecule has 0 fully saturated rings. The van der Waals surface area contributed by atoms with Crippen LogP contribution in [0, 0.1) is 20.2 Å². The molecule has 0 heterocycles. The second-order valence-corrected chi connectivity index (χ2v) is 7.33. The number of nitrogens with one attached hydrogen (secondary N) is 1. The largest absolute Gasteiger partial charge is 0.508 e. The summed E-state index contributed by atoms with van der Waals surface area (Å²) < 4.78 is 0. The van der Waals surface area contributed by atoms with E-state index in [1.807, 2.05) is 0 Å². The summed E-state index contributed by atoms with van der Waals surface area (Å²) in [5, 5.41) is 36.0. The van der Waals surface area contributed by atoms with Crippen molar-refractivity contribution < 1.29 is 19.7 Å². The molecule has 0 bridgehead atoms. The number of carbonyl (C=O) groups is 1. The fourth-order valence-corrected chi connectivity index (χ4v) is 3.49. The average molecular weight is 532 g/mol. The van der Waals surface area contributed by atoms with Crippen LogP contribution in [0.1, 0.15) is 10.4 Å². The summed E-state index contributed by atoms with van der Waals surface area (Å²) in [6.07, 6.45) is 0. The van der Waals surface area contributed by atoms with E-state index in [2.05, 4.69) is 37.2 Å². The Bertz CT molecular complexity index is 934. The molecule has 0 unspecified atom stereocenters. The Morgan fingerprint density at radius 1 is 1.03 bits per heavy atom. The van der Waals surface area contributed by atoms with Gasteiger partial charge in [-0.3, -0.25) is 25.0 Å². The summed E-state index contributed by atoms with van der Waals surface area (Å²) >= 11 is 6.55. The van der Waals surface area contributed by atoms with Gasteiger partial charge < -0.3 is 15.3 Å². The number of benzene rings is 2. The smallest absolute Gasteiger partial charge is 0.299 e. The lowest BCUT2D eigenvalue weighted by atomic mass is 10.1. The molecule has 0 radical (unpaired) electrons. The van der Waals surface area contributed by atoms with Crippen molar-refractivity contribution in [3.63, 3.8) is 0 Å². The Balaban J connectivity index is 2.59. The number of nitro benzene ring substituents is 2. The molecule has 2 rings (SSSR count). The van der Waals surface area contributed by atoms with Crippen LogP contribution in [0.15, 0.2) is 36.4 Å². The maximum atomic E-state index is 12.7. The minimum atomic E-state index is -0.840. The van der Waals surface area contributed by atoms with Gasteiger partial charge in [-0.15, -0.1) is 0 Å². The number of phenolic OH excluding ortho intramolecular Hbond substituents is 1. The van der Waals surface area contributed by atoms with Crippen molar-refractivity contribution in [3.05, 3.63) is 62.2 Å². The first-order valence-corrected chi connectivity index (χ1v) is 10.5. The quantitative estimate of drug-likeness (QED) is 0.282. The fourth-order valence-electron chi connectivity index (χ4n) is 2.64. The number of nitro groups is 2. The predicted molar refractivity (Wildman–Crippen MR) is 116 cm³/mol. The van der Waals surface area contributed by atoms with Gasteiger partial charge in [0.05, 0.1) is 15.9 Å². The van der Waals surface area contributed by atoms with Gasteiger partial charge in [0, 0.05) is 35.5 Å². The van der Waals surface area contributed by atoms with Gasteiger partial charge in [-0.05, 0) is 18.2 Å². The third-order valence-corrected chi connectivity index (χ3v) is 4.59. The Kier molecular flexibility index (Phi) is 7.91. The van der Waals surface area contributed by atoms with Gasteiger partial charge in [-0.1, -0.05) is 37.9 Å². The topological polar surface area (TPSA) is 139 Å². The van der Waals surface area contributed by atoms with E-state index >= 15 is 0 Å². The minimum absolute atomic E-state index is 0.0949. The van der Waals surface area contributed by atoms with Gasteiger partial charge in [0.15, 0.2) is 0 Å². The molecular weight excluding hydrogens is 516 g/mol. The average Bonchev–Trinajstić information content (AvgIpc) is 2.66. The molecule has 0 aromatic heterocycles. The SMILES string of the molecule is O=C(Nc1cccc(O)c1)c1cc(N(CCBr)CCBr)c([N+](=O)[O-])cc1[N+](=O)[O-]. The lowest BCUT2D eigenvalue weighted by Gasteiger charge is -2.23. The number of halogens is 2. The van der Waals surface area contributed by atoms with Crippen molar-refractivity contribution in [2.45, 2.75) is 0 Å². The fraction of sp³-hybridized carbons (Fsp3) is 0.235. The number of hydrogen-bond acceptors (Lipinski definition) is 7. The van der Waals surface area contributed by atoms with Crippen LogP contribution in [-0.4, -0.2) is 44.6 Å². The third-order valence-electron chi connectivity index (χ3n) is 3.88. The molecule has 0 aliphatic rings. The van der Waals surface area contributed by atoms with Crippen molar-refractivity contribution in [3.8, 4) is 5.75 Å². The van der Waals surface area contributed by atoms with E-state index in [9.17, 15) is 30.1 Å². The number of nitrogens with zero attached hydrogens (tertiary/aromatic N) is 3. The number of aromatic hydroxyl groups is 1. The zero-order valence-corrected chi connectivity index (χ0v) is 18.1. The molecular formula is C17H16Br2N4O6. The number of amides is 1. The molecule has 1 amide bonds. The zero-order valence-electron chi connectivity index (χ0n) is 14.9. The van der Waals surface area contributed by atoms with Gasteiger partial charge in [0.25, 0.3) is 17.3 Å². The van der Waals surface area contributed by atoms with Crippen LogP contribution in [0.5, 0.6) is 5.75 Å². The first-order valence-electron chi connectivity index (χ1n) is 8.22. The summed E-state index contributed by atoms with van der Waals surface area (Å²) in [6.45, 7) is 0.774. The summed E-state index contributed by atoms with van der Waals surface area (Å²) in [6, 6.07) is 7.62. The van der Waals surface area contributed by atoms with E-state index in [4.69, 9.17) is 0 Å². The van der Waals surface area contributed by atoms with E-state index in [0.717, 1.165) is 12.1 Å². The molecule has 2 aromatic carbocycles. The van der Waals surface area contributed by atoms with E-state index in [-0.39, 0.29) is 22.7 Å². The molecule has 0 aliphatic heterocycles. The van der Waals surface area contributed by atoms with E-state index in [0.29, 0.717) is 23.7 Å². The Hall–Kier alpha value is -2.73. The molecule has 29 heavy (non-hydrogen) atoms. The van der Waals surface area contributed by atoms with Gasteiger partial charge in [-0.2, -0.15) is 0 Å². The molecule has 2 N–H and O–H groups in total. The molecule has 0 atom stereocenters. The van der Waals surface area contributed by atoms with Crippen LogP contribution >= 0.6 is 31.9 Å². The molecule has 0 aliphatic carbocycles. The lowest BCUT2D eigenvalue weighted by Crippen LogP contribution is -2.28. The van der Waals surface area contributed by atoms with Gasteiger partial charge in [0.2, 0.25) is 0 Å². The molecule has 2 aromatic rings. The highest BCUT2D eigenvalue weighted by Crippen LogP contribution is 2.36. The normalized spacial score (nSPS) is 10.4. The Morgan fingerprint density at radius 2 is 1.66 bits per heavy atom. The molecule has 154 valence electrons.